The molecule has 0 saturated carbocycles. The first-order valence-corrected chi connectivity index (χ1v) is 8.32. The number of hydrogen-bond acceptors (Lipinski definition) is 3. The van der Waals surface area contributed by atoms with Crippen LogP contribution in [0.4, 0.5) is 13.2 Å². The summed E-state index contributed by atoms with van der Waals surface area (Å²) >= 11 is 0. The van der Waals surface area contributed by atoms with Crippen molar-refractivity contribution in [3.8, 4) is 11.5 Å². The first-order chi connectivity index (χ1) is 12.9. The number of hydrogen-bond donors (Lipinski definition) is 2. The minimum Gasteiger partial charge on any atom is -0.493 e. The van der Waals surface area contributed by atoms with Crippen LogP contribution in [0.3, 0.4) is 0 Å². The summed E-state index contributed by atoms with van der Waals surface area (Å²) < 4.78 is 49.7. The Hall–Kier alpha value is -2.17. The van der Waals surface area contributed by atoms with Crippen molar-refractivity contribution in [2.75, 3.05) is 27.3 Å². The Kier molecular flexibility index (Phi) is 9.91. The van der Waals surface area contributed by atoms with Gasteiger partial charge in [0.25, 0.3) is 0 Å². The third kappa shape index (κ3) is 6.77. The summed E-state index contributed by atoms with van der Waals surface area (Å²) in [7, 11) is 3.14. The van der Waals surface area contributed by atoms with Crippen LogP contribution in [-0.2, 0) is 12.8 Å². The maximum atomic E-state index is 13.2. The summed E-state index contributed by atoms with van der Waals surface area (Å²) in [5.74, 6) is -2.37. The number of methoxy groups -OCH3 is 2. The van der Waals surface area contributed by atoms with Crippen LogP contribution in [0.5, 0.6) is 11.5 Å². The van der Waals surface area contributed by atoms with Crippen molar-refractivity contribution < 1.29 is 22.6 Å². The zero-order valence-electron chi connectivity index (χ0n) is 15.6. The van der Waals surface area contributed by atoms with Crippen LogP contribution in [0.2, 0.25) is 0 Å². The molecule has 28 heavy (non-hydrogen) atoms. The van der Waals surface area contributed by atoms with Gasteiger partial charge >= 0.3 is 0 Å². The zero-order chi connectivity index (χ0) is 19.8. The number of halogens is 4. The van der Waals surface area contributed by atoms with Crippen LogP contribution in [-0.4, -0.2) is 33.3 Å². The SMILES string of the molecule is COc1ccc(CCN=C(N)NCCc2cc(F)c(F)c(F)c2)cc1OC.I. The molecule has 2 aromatic rings. The van der Waals surface area contributed by atoms with Crippen molar-refractivity contribution in [2.45, 2.75) is 12.8 Å². The van der Waals surface area contributed by atoms with Gasteiger partial charge in [-0.15, -0.1) is 24.0 Å². The number of nitrogens with zero attached hydrogens (tertiary/aromatic N) is 1. The van der Waals surface area contributed by atoms with E-state index >= 15 is 0 Å². The maximum absolute atomic E-state index is 13.2. The lowest BCUT2D eigenvalue weighted by atomic mass is 10.1. The lowest BCUT2D eigenvalue weighted by molar-refractivity contribution is 0.354. The monoisotopic (exact) mass is 509 g/mol. The van der Waals surface area contributed by atoms with Crippen molar-refractivity contribution in [1.82, 2.24) is 5.32 Å². The molecule has 2 rings (SSSR count). The third-order valence-electron chi connectivity index (χ3n) is 3.89. The van der Waals surface area contributed by atoms with Gasteiger partial charge in [-0.05, 0) is 48.2 Å². The molecule has 0 amide bonds. The molecule has 5 nitrogen and oxygen atoms in total. The van der Waals surface area contributed by atoms with Gasteiger partial charge < -0.3 is 20.5 Å². The van der Waals surface area contributed by atoms with Crippen molar-refractivity contribution >= 4 is 29.9 Å². The molecule has 9 heteroatoms. The highest BCUT2D eigenvalue weighted by molar-refractivity contribution is 14.0. The first kappa shape index (κ1) is 23.9. The molecule has 0 aliphatic carbocycles. The fourth-order valence-electron chi connectivity index (χ4n) is 2.48. The summed E-state index contributed by atoms with van der Waals surface area (Å²) in [6, 6.07) is 7.53. The number of guanidine groups is 1. The van der Waals surface area contributed by atoms with Crippen LogP contribution in [0.1, 0.15) is 11.1 Å². The summed E-state index contributed by atoms with van der Waals surface area (Å²) in [5, 5.41) is 2.86. The molecule has 0 spiro atoms. The van der Waals surface area contributed by atoms with Crippen LogP contribution in [0.25, 0.3) is 0 Å². The molecule has 0 aliphatic rings. The van der Waals surface area contributed by atoms with Gasteiger partial charge in [-0.25, -0.2) is 13.2 Å². The number of nitrogens with two attached hydrogens (primary N) is 1. The van der Waals surface area contributed by atoms with E-state index < -0.39 is 17.5 Å². The van der Waals surface area contributed by atoms with Gasteiger partial charge in [0.05, 0.1) is 14.2 Å². The summed E-state index contributed by atoms with van der Waals surface area (Å²) in [4.78, 5) is 4.20. The van der Waals surface area contributed by atoms with E-state index in [9.17, 15) is 13.2 Å². The van der Waals surface area contributed by atoms with E-state index in [2.05, 4.69) is 10.3 Å². The Morgan fingerprint density at radius 1 is 0.964 bits per heavy atom. The fraction of sp³-hybridized carbons (Fsp3) is 0.316. The second kappa shape index (κ2) is 11.6. The number of aliphatic imine (C=N–C) groups is 1. The Labute approximate surface area is 179 Å². The topological polar surface area (TPSA) is 68.9 Å². The maximum Gasteiger partial charge on any atom is 0.194 e. The normalized spacial score (nSPS) is 11.0. The van der Waals surface area contributed by atoms with E-state index in [0.717, 1.165) is 17.7 Å². The molecule has 0 unspecified atom stereocenters. The van der Waals surface area contributed by atoms with Gasteiger partial charge in [-0.2, -0.15) is 0 Å². The van der Waals surface area contributed by atoms with Crippen LogP contribution in [0, 0.1) is 17.5 Å². The second-order valence-electron chi connectivity index (χ2n) is 5.76. The van der Waals surface area contributed by atoms with E-state index in [1.54, 1.807) is 14.2 Å². The second-order valence-corrected chi connectivity index (χ2v) is 5.76. The predicted molar refractivity (Wildman–Crippen MR) is 113 cm³/mol. The Morgan fingerprint density at radius 3 is 2.21 bits per heavy atom. The zero-order valence-corrected chi connectivity index (χ0v) is 17.9. The van der Waals surface area contributed by atoms with Gasteiger partial charge in [0.15, 0.2) is 34.9 Å². The predicted octanol–water partition coefficient (Wildman–Crippen LogP) is 3.43. The highest BCUT2D eigenvalue weighted by Crippen LogP contribution is 2.27. The number of ether oxygens (including phenoxy) is 2. The quantitative estimate of drug-likeness (QED) is 0.248. The highest BCUT2D eigenvalue weighted by Gasteiger charge is 2.10. The van der Waals surface area contributed by atoms with E-state index in [-0.39, 0.29) is 36.4 Å². The van der Waals surface area contributed by atoms with Crippen LogP contribution >= 0.6 is 24.0 Å². The first-order valence-electron chi connectivity index (χ1n) is 8.32. The van der Waals surface area contributed by atoms with Crippen molar-refractivity contribution in [1.29, 1.82) is 0 Å². The molecule has 0 aromatic heterocycles. The molecule has 154 valence electrons. The highest BCUT2D eigenvalue weighted by atomic mass is 127. The van der Waals surface area contributed by atoms with E-state index in [1.165, 1.54) is 0 Å². The molecular weight excluding hydrogens is 486 g/mol. The van der Waals surface area contributed by atoms with Gasteiger partial charge in [0.2, 0.25) is 0 Å². The molecular formula is C19H23F3IN3O2. The lowest BCUT2D eigenvalue weighted by Crippen LogP contribution is -2.33. The number of benzene rings is 2. The third-order valence-corrected chi connectivity index (χ3v) is 3.89. The van der Waals surface area contributed by atoms with Crippen LogP contribution < -0.4 is 20.5 Å². The average molecular weight is 509 g/mol. The molecule has 2 aromatic carbocycles. The largest absolute Gasteiger partial charge is 0.493 e. The van der Waals surface area contributed by atoms with Crippen LogP contribution in [0.15, 0.2) is 35.3 Å². The molecule has 3 N–H and O–H groups in total. The van der Waals surface area contributed by atoms with E-state index in [1.807, 2.05) is 18.2 Å². The van der Waals surface area contributed by atoms with Gasteiger partial charge in [0.1, 0.15) is 0 Å². The average Bonchev–Trinajstić information content (AvgIpc) is 2.65. The molecule has 0 radical (unpaired) electrons. The summed E-state index contributed by atoms with van der Waals surface area (Å²) in [6.07, 6.45) is 0.928. The number of nitrogens with one attached hydrogen (secondary N) is 1. The lowest BCUT2D eigenvalue weighted by Gasteiger charge is -2.09. The molecule has 0 bridgehead atoms. The Morgan fingerprint density at radius 2 is 1.61 bits per heavy atom. The molecule has 0 aliphatic heterocycles. The summed E-state index contributed by atoms with van der Waals surface area (Å²) in [6.45, 7) is 0.768. The van der Waals surface area contributed by atoms with Gasteiger partial charge in [0, 0.05) is 13.1 Å². The Bertz CT molecular complexity index is 796. The minimum atomic E-state index is -1.47. The molecule has 0 heterocycles. The number of rotatable bonds is 8. The molecule has 0 atom stereocenters. The Balaban J connectivity index is 0.00000392. The minimum absolute atomic E-state index is 0. The van der Waals surface area contributed by atoms with Crippen molar-refractivity contribution in [3.63, 3.8) is 0 Å². The smallest absolute Gasteiger partial charge is 0.194 e. The van der Waals surface area contributed by atoms with Gasteiger partial charge in [-0.3, -0.25) is 4.99 Å². The van der Waals surface area contributed by atoms with Crippen molar-refractivity contribution in [3.05, 3.63) is 58.9 Å². The summed E-state index contributed by atoms with van der Waals surface area (Å²) in [5.41, 5.74) is 7.12. The van der Waals surface area contributed by atoms with Crippen molar-refractivity contribution in [2.24, 2.45) is 10.7 Å². The standard InChI is InChI=1S/C19H22F3N3O2.HI/c1-26-16-4-3-12(11-17(16)27-2)5-7-24-19(23)25-8-6-13-9-14(20)18(22)15(21)10-13;/h3-4,9-11H,5-8H2,1-2H3,(H3,23,24,25);1H. The van der Waals surface area contributed by atoms with Gasteiger partial charge in [-0.1, -0.05) is 6.07 Å². The van der Waals surface area contributed by atoms with E-state index in [0.29, 0.717) is 36.6 Å². The fourth-order valence-corrected chi connectivity index (χ4v) is 2.48. The van der Waals surface area contributed by atoms with E-state index in [4.69, 9.17) is 15.2 Å². The molecule has 0 fully saturated rings. The molecule has 0 saturated heterocycles.